The van der Waals surface area contributed by atoms with Gasteiger partial charge in [-0.25, -0.2) is 0 Å². The molecule has 0 radical (unpaired) electrons. The van der Waals surface area contributed by atoms with Crippen LogP contribution in [0.5, 0.6) is 0 Å². The lowest BCUT2D eigenvalue weighted by molar-refractivity contribution is -0.119. The maximum absolute atomic E-state index is 11.9. The summed E-state index contributed by atoms with van der Waals surface area (Å²) in [7, 11) is 0. The number of nitrogens with one attached hydrogen (secondary N) is 1. The van der Waals surface area contributed by atoms with Crippen LogP contribution in [0.2, 0.25) is 0 Å². The van der Waals surface area contributed by atoms with E-state index in [9.17, 15) is 9.59 Å². The fourth-order valence-electron chi connectivity index (χ4n) is 1.71. The van der Waals surface area contributed by atoms with E-state index in [0.717, 1.165) is 5.56 Å². The summed E-state index contributed by atoms with van der Waals surface area (Å²) in [6, 6.07) is 12.3. The van der Waals surface area contributed by atoms with Crippen molar-refractivity contribution in [1.82, 2.24) is 5.32 Å². The van der Waals surface area contributed by atoms with Gasteiger partial charge in [0.15, 0.2) is 0 Å². The smallest absolute Gasteiger partial charge is 0.262 e. The Kier molecular flexibility index (Phi) is 4.30. The molecule has 2 amide bonds. The average Bonchev–Trinajstić information content (AvgIpc) is 2.93. The van der Waals surface area contributed by atoms with Crippen molar-refractivity contribution < 1.29 is 9.59 Å². The molecule has 4 nitrogen and oxygen atoms in total. The van der Waals surface area contributed by atoms with E-state index < -0.39 is 11.9 Å². The van der Waals surface area contributed by atoms with Gasteiger partial charge >= 0.3 is 0 Å². The predicted molar refractivity (Wildman–Crippen MR) is 74.9 cm³/mol. The van der Waals surface area contributed by atoms with E-state index in [2.05, 4.69) is 5.32 Å². The van der Waals surface area contributed by atoms with E-state index in [1.54, 1.807) is 12.1 Å². The van der Waals surface area contributed by atoms with Crippen LogP contribution in [0.25, 0.3) is 0 Å². The third kappa shape index (κ3) is 3.66. The lowest BCUT2D eigenvalue weighted by Crippen LogP contribution is -2.45. The van der Waals surface area contributed by atoms with E-state index in [0.29, 0.717) is 11.3 Å². The van der Waals surface area contributed by atoms with Gasteiger partial charge in [0.2, 0.25) is 5.91 Å². The Balaban J connectivity index is 2.05. The van der Waals surface area contributed by atoms with Crippen LogP contribution in [-0.4, -0.2) is 17.9 Å². The lowest BCUT2D eigenvalue weighted by atomic mass is 10.1. The van der Waals surface area contributed by atoms with Crippen molar-refractivity contribution in [2.45, 2.75) is 12.5 Å². The third-order valence-corrected chi connectivity index (χ3v) is 3.55. The summed E-state index contributed by atoms with van der Waals surface area (Å²) in [5, 5.41) is 4.48. The standard InChI is InChI=1S/C14H14N2O2S/c15-13(17)11(9-10-5-2-1-3-6-10)16-14(18)12-7-4-8-19-12/h1-8,11H,9H2,(H2,15,17)(H,16,18)/t11-/m0/s1. The molecule has 1 atom stereocenters. The van der Waals surface area contributed by atoms with Crippen LogP contribution in [0.1, 0.15) is 15.2 Å². The molecule has 2 aromatic rings. The normalized spacial score (nSPS) is 11.8. The zero-order chi connectivity index (χ0) is 13.7. The number of hydrogen-bond acceptors (Lipinski definition) is 3. The molecule has 1 aromatic heterocycles. The fourth-order valence-corrected chi connectivity index (χ4v) is 2.34. The topological polar surface area (TPSA) is 72.2 Å². The fraction of sp³-hybridized carbons (Fsp3) is 0.143. The second kappa shape index (κ2) is 6.15. The minimum absolute atomic E-state index is 0.269. The van der Waals surface area contributed by atoms with Crippen LogP contribution in [-0.2, 0) is 11.2 Å². The molecule has 1 aromatic carbocycles. The molecule has 0 aliphatic rings. The zero-order valence-electron chi connectivity index (χ0n) is 10.2. The Morgan fingerprint density at radius 2 is 1.89 bits per heavy atom. The van der Waals surface area contributed by atoms with Crippen molar-refractivity contribution in [2.75, 3.05) is 0 Å². The van der Waals surface area contributed by atoms with Crippen LogP contribution in [0.3, 0.4) is 0 Å². The molecule has 0 aliphatic carbocycles. The van der Waals surface area contributed by atoms with Gasteiger partial charge in [0.25, 0.3) is 5.91 Å². The molecule has 0 fully saturated rings. The first-order valence-corrected chi connectivity index (χ1v) is 6.72. The monoisotopic (exact) mass is 274 g/mol. The van der Waals surface area contributed by atoms with Gasteiger partial charge < -0.3 is 11.1 Å². The number of thiophene rings is 1. The number of hydrogen-bond donors (Lipinski definition) is 2. The minimum Gasteiger partial charge on any atom is -0.368 e. The molecule has 1 heterocycles. The predicted octanol–water partition coefficient (Wildman–Crippen LogP) is 1.57. The zero-order valence-corrected chi connectivity index (χ0v) is 11.0. The molecule has 3 N–H and O–H groups in total. The van der Waals surface area contributed by atoms with E-state index in [1.807, 2.05) is 35.7 Å². The summed E-state index contributed by atoms with van der Waals surface area (Å²) in [5.74, 6) is -0.802. The molecular weight excluding hydrogens is 260 g/mol. The van der Waals surface area contributed by atoms with Crippen molar-refractivity contribution in [3.8, 4) is 0 Å². The van der Waals surface area contributed by atoms with Crippen LogP contribution in [0.4, 0.5) is 0 Å². The van der Waals surface area contributed by atoms with Crippen molar-refractivity contribution >= 4 is 23.2 Å². The second-order valence-corrected chi connectivity index (χ2v) is 5.04. The largest absolute Gasteiger partial charge is 0.368 e. The van der Waals surface area contributed by atoms with Crippen molar-refractivity contribution in [2.24, 2.45) is 5.73 Å². The molecule has 19 heavy (non-hydrogen) atoms. The van der Waals surface area contributed by atoms with Crippen LogP contribution < -0.4 is 11.1 Å². The minimum atomic E-state index is -0.697. The summed E-state index contributed by atoms with van der Waals surface area (Å²) in [6.45, 7) is 0. The second-order valence-electron chi connectivity index (χ2n) is 4.10. The number of carbonyl (C=O) groups excluding carboxylic acids is 2. The lowest BCUT2D eigenvalue weighted by Gasteiger charge is -2.15. The van der Waals surface area contributed by atoms with E-state index >= 15 is 0 Å². The number of rotatable bonds is 5. The highest BCUT2D eigenvalue weighted by molar-refractivity contribution is 7.12. The van der Waals surface area contributed by atoms with Gasteiger partial charge in [-0.15, -0.1) is 11.3 Å². The first-order valence-electron chi connectivity index (χ1n) is 5.84. The number of benzene rings is 1. The van der Waals surface area contributed by atoms with Crippen molar-refractivity contribution in [3.63, 3.8) is 0 Å². The van der Waals surface area contributed by atoms with Gasteiger partial charge in [0.05, 0.1) is 4.88 Å². The van der Waals surface area contributed by atoms with Crippen molar-refractivity contribution in [1.29, 1.82) is 0 Å². The SMILES string of the molecule is NC(=O)[C@H](Cc1ccccc1)NC(=O)c1cccs1. The Bertz CT molecular complexity index is 552. The summed E-state index contributed by atoms with van der Waals surface area (Å²) < 4.78 is 0. The number of amides is 2. The highest BCUT2D eigenvalue weighted by atomic mass is 32.1. The number of primary amides is 1. The highest BCUT2D eigenvalue weighted by Gasteiger charge is 2.19. The Morgan fingerprint density at radius 3 is 2.47 bits per heavy atom. The van der Waals surface area contributed by atoms with Crippen LogP contribution in [0.15, 0.2) is 47.8 Å². The number of carbonyl (C=O) groups is 2. The van der Waals surface area contributed by atoms with Crippen LogP contribution in [0, 0.1) is 0 Å². The maximum atomic E-state index is 11.9. The molecule has 0 saturated heterocycles. The van der Waals surface area contributed by atoms with Crippen molar-refractivity contribution in [3.05, 3.63) is 58.3 Å². The summed E-state index contributed by atoms with van der Waals surface area (Å²) in [4.78, 5) is 23.9. The highest BCUT2D eigenvalue weighted by Crippen LogP contribution is 2.09. The van der Waals surface area contributed by atoms with Crippen LogP contribution >= 0.6 is 11.3 Å². The Labute approximate surface area is 115 Å². The van der Waals surface area contributed by atoms with Gasteiger partial charge in [0.1, 0.15) is 6.04 Å². The molecule has 0 unspecified atom stereocenters. The van der Waals surface area contributed by atoms with E-state index in [4.69, 9.17) is 5.73 Å². The van der Waals surface area contributed by atoms with E-state index in [-0.39, 0.29) is 5.91 Å². The van der Waals surface area contributed by atoms with Gasteiger partial charge in [-0.1, -0.05) is 36.4 Å². The van der Waals surface area contributed by atoms with Gasteiger partial charge in [-0.2, -0.15) is 0 Å². The first-order chi connectivity index (χ1) is 9.16. The summed E-state index contributed by atoms with van der Waals surface area (Å²) in [5.41, 5.74) is 6.29. The molecule has 0 aliphatic heterocycles. The van der Waals surface area contributed by atoms with Gasteiger partial charge in [-0.05, 0) is 17.0 Å². The van der Waals surface area contributed by atoms with Gasteiger partial charge in [0, 0.05) is 6.42 Å². The summed E-state index contributed by atoms with van der Waals surface area (Å²) >= 11 is 1.33. The van der Waals surface area contributed by atoms with E-state index in [1.165, 1.54) is 11.3 Å². The summed E-state index contributed by atoms with van der Waals surface area (Å²) in [6.07, 6.45) is 0.396. The molecule has 0 spiro atoms. The molecule has 0 saturated carbocycles. The average molecular weight is 274 g/mol. The Morgan fingerprint density at radius 1 is 1.16 bits per heavy atom. The molecule has 0 bridgehead atoms. The molecular formula is C14H14N2O2S. The quantitative estimate of drug-likeness (QED) is 0.868. The molecule has 2 rings (SSSR count). The third-order valence-electron chi connectivity index (χ3n) is 2.68. The Hall–Kier alpha value is -2.14. The number of nitrogens with two attached hydrogens (primary N) is 1. The first kappa shape index (κ1) is 13.3. The molecule has 98 valence electrons. The van der Waals surface area contributed by atoms with Gasteiger partial charge in [-0.3, -0.25) is 9.59 Å². The molecule has 5 heteroatoms. The maximum Gasteiger partial charge on any atom is 0.262 e.